The van der Waals surface area contributed by atoms with Crippen molar-refractivity contribution in [2.75, 3.05) is 0 Å². The zero-order valence-corrected chi connectivity index (χ0v) is 20.3. The molecule has 0 aliphatic heterocycles. The van der Waals surface area contributed by atoms with Crippen molar-refractivity contribution < 1.29 is 0 Å². The van der Waals surface area contributed by atoms with Crippen molar-refractivity contribution in [1.82, 2.24) is 29.9 Å². The van der Waals surface area contributed by atoms with Crippen LogP contribution in [0.3, 0.4) is 0 Å². The van der Waals surface area contributed by atoms with Gasteiger partial charge in [-0.2, -0.15) is 0 Å². The number of fused-ring (bicyclic) bond motifs is 3. The predicted octanol–water partition coefficient (Wildman–Crippen LogP) is 7.24. The number of aromatic nitrogens is 6. The first-order valence-electron chi connectivity index (χ1n) is 12.1. The summed E-state index contributed by atoms with van der Waals surface area (Å²) in [5.74, 6) is 2.54. The van der Waals surface area contributed by atoms with E-state index in [4.69, 9.17) is 15.0 Å². The first-order valence-corrected chi connectivity index (χ1v) is 12.1. The molecule has 174 valence electrons. The van der Waals surface area contributed by atoms with E-state index in [1.807, 2.05) is 54.6 Å². The molecule has 7 aromatic rings. The molecule has 0 radical (unpaired) electrons. The number of aromatic amines is 3. The van der Waals surface area contributed by atoms with Crippen LogP contribution in [0, 0.1) is 20.8 Å². The zero-order chi connectivity index (χ0) is 24.4. The van der Waals surface area contributed by atoms with Crippen molar-refractivity contribution >= 4 is 33.1 Å². The van der Waals surface area contributed by atoms with E-state index >= 15 is 0 Å². The van der Waals surface area contributed by atoms with Crippen LogP contribution in [-0.4, -0.2) is 29.9 Å². The molecule has 0 aliphatic carbocycles. The van der Waals surface area contributed by atoms with Crippen molar-refractivity contribution in [3.05, 3.63) is 89.5 Å². The van der Waals surface area contributed by atoms with Gasteiger partial charge in [-0.25, -0.2) is 15.0 Å². The molecule has 6 heteroatoms. The molecule has 0 saturated heterocycles. The predicted molar refractivity (Wildman–Crippen MR) is 146 cm³/mol. The van der Waals surface area contributed by atoms with E-state index < -0.39 is 0 Å². The second-order valence-electron chi connectivity index (χ2n) is 9.31. The van der Waals surface area contributed by atoms with Gasteiger partial charge in [-0.1, -0.05) is 36.4 Å². The van der Waals surface area contributed by atoms with Gasteiger partial charge in [0.05, 0.1) is 33.1 Å². The monoisotopic (exact) mass is 468 g/mol. The Hall–Kier alpha value is -4.71. The minimum atomic E-state index is 0.848. The lowest BCUT2D eigenvalue weighted by molar-refractivity contribution is 1.21. The van der Waals surface area contributed by atoms with Crippen LogP contribution in [-0.2, 0) is 0 Å². The number of H-pyrrole nitrogens is 3. The fraction of sp³-hybridized carbons (Fsp3) is 0.100. The van der Waals surface area contributed by atoms with E-state index in [9.17, 15) is 0 Å². The largest absolute Gasteiger partial charge is 0.338 e. The minimum absolute atomic E-state index is 0.848. The molecule has 0 atom stereocenters. The summed E-state index contributed by atoms with van der Waals surface area (Å²) in [6.45, 7) is 6.48. The SMILES string of the molecule is Cc1c(-c2nc3ccccc3[nH]2)c(C)c(-c2nc3ccccc3[nH]2)c(C)c1-c1nc2ccccc2[nH]1. The summed E-state index contributed by atoms with van der Waals surface area (Å²) in [7, 11) is 0. The van der Waals surface area contributed by atoms with Gasteiger partial charge in [0, 0.05) is 16.7 Å². The molecule has 3 N–H and O–H groups in total. The number of benzene rings is 4. The van der Waals surface area contributed by atoms with Gasteiger partial charge in [-0.15, -0.1) is 0 Å². The molecule has 0 saturated carbocycles. The summed E-state index contributed by atoms with van der Waals surface area (Å²) in [6, 6.07) is 24.4. The number of imidazole rings is 3. The average molecular weight is 469 g/mol. The summed E-state index contributed by atoms with van der Waals surface area (Å²) in [4.78, 5) is 25.6. The number of para-hydroxylation sites is 6. The smallest absolute Gasteiger partial charge is 0.139 e. The molecule has 0 unspecified atom stereocenters. The molecule has 0 amide bonds. The second-order valence-corrected chi connectivity index (χ2v) is 9.31. The lowest BCUT2D eigenvalue weighted by Crippen LogP contribution is -2.03. The lowest BCUT2D eigenvalue weighted by Gasteiger charge is -2.19. The third kappa shape index (κ3) is 3.01. The fourth-order valence-electron chi connectivity index (χ4n) is 5.50. The minimum Gasteiger partial charge on any atom is -0.338 e. The van der Waals surface area contributed by atoms with Crippen LogP contribution in [0.25, 0.3) is 67.3 Å². The first-order chi connectivity index (χ1) is 17.6. The van der Waals surface area contributed by atoms with Gasteiger partial charge in [0.1, 0.15) is 17.5 Å². The van der Waals surface area contributed by atoms with Crippen molar-refractivity contribution in [3.8, 4) is 34.2 Å². The highest BCUT2D eigenvalue weighted by Gasteiger charge is 2.25. The van der Waals surface area contributed by atoms with Crippen molar-refractivity contribution in [1.29, 1.82) is 0 Å². The second kappa shape index (κ2) is 7.65. The Morgan fingerprint density at radius 2 is 0.694 bits per heavy atom. The Bertz CT molecular complexity index is 1590. The van der Waals surface area contributed by atoms with Gasteiger partial charge in [0.15, 0.2) is 0 Å². The third-order valence-corrected chi connectivity index (χ3v) is 7.13. The van der Waals surface area contributed by atoms with Crippen LogP contribution < -0.4 is 0 Å². The van der Waals surface area contributed by atoms with Crippen LogP contribution in [0.1, 0.15) is 16.7 Å². The highest BCUT2D eigenvalue weighted by molar-refractivity contribution is 5.92. The maximum atomic E-state index is 4.97. The maximum absolute atomic E-state index is 4.97. The summed E-state index contributed by atoms with van der Waals surface area (Å²) in [6.07, 6.45) is 0. The number of hydrogen-bond acceptors (Lipinski definition) is 3. The van der Waals surface area contributed by atoms with Crippen molar-refractivity contribution in [3.63, 3.8) is 0 Å². The van der Waals surface area contributed by atoms with Crippen LogP contribution in [0.15, 0.2) is 72.8 Å². The van der Waals surface area contributed by atoms with Gasteiger partial charge in [0.25, 0.3) is 0 Å². The van der Waals surface area contributed by atoms with E-state index in [1.54, 1.807) is 0 Å². The first kappa shape index (κ1) is 20.6. The number of nitrogens with one attached hydrogen (secondary N) is 3. The van der Waals surface area contributed by atoms with Gasteiger partial charge in [-0.3, -0.25) is 0 Å². The highest BCUT2D eigenvalue weighted by Crippen LogP contribution is 2.42. The molecule has 3 heterocycles. The lowest BCUT2D eigenvalue weighted by atomic mass is 9.87. The third-order valence-electron chi connectivity index (χ3n) is 7.13. The van der Waals surface area contributed by atoms with E-state index in [0.29, 0.717) is 0 Å². The molecule has 36 heavy (non-hydrogen) atoms. The molecule has 4 aromatic carbocycles. The van der Waals surface area contributed by atoms with Crippen LogP contribution in [0.5, 0.6) is 0 Å². The van der Waals surface area contributed by atoms with Gasteiger partial charge < -0.3 is 15.0 Å². The van der Waals surface area contributed by atoms with Crippen molar-refractivity contribution in [2.24, 2.45) is 0 Å². The van der Waals surface area contributed by atoms with Crippen LogP contribution >= 0.6 is 0 Å². The molecule has 0 bridgehead atoms. The zero-order valence-electron chi connectivity index (χ0n) is 20.3. The standard InChI is InChI=1S/C30H24N6/c1-16-25(28-31-19-10-4-5-11-20(19)32-28)17(2)27(30-35-23-14-8-9-15-24(23)36-30)18(3)26(16)29-33-21-12-6-7-13-22(21)34-29/h4-15H,1-3H3,(H,31,32)(H,33,34)(H,35,36). The Balaban J connectivity index is 1.57. The Labute approximate surface area is 207 Å². The van der Waals surface area contributed by atoms with E-state index in [0.717, 1.165) is 84.0 Å². The number of rotatable bonds is 3. The van der Waals surface area contributed by atoms with Gasteiger partial charge in [-0.05, 0) is 73.9 Å². The Kier molecular flexibility index (Phi) is 4.39. The van der Waals surface area contributed by atoms with Crippen LogP contribution in [0.2, 0.25) is 0 Å². The molecule has 0 spiro atoms. The summed E-state index contributed by atoms with van der Waals surface area (Å²) in [5, 5.41) is 0. The summed E-state index contributed by atoms with van der Waals surface area (Å²) < 4.78 is 0. The molecular formula is C30H24N6. The molecular weight excluding hydrogens is 444 g/mol. The maximum Gasteiger partial charge on any atom is 0.139 e. The normalized spacial score (nSPS) is 11.8. The van der Waals surface area contributed by atoms with E-state index in [-0.39, 0.29) is 0 Å². The van der Waals surface area contributed by atoms with Crippen molar-refractivity contribution in [2.45, 2.75) is 20.8 Å². The molecule has 6 nitrogen and oxygen atoms in total. The molecule has 0 fully saturated rings. The number of hydrogen-bond donors (Lipinski definition) is 3. The van der Waals surface area contributed by atoms with E-state index in [2.05, 4.69) is 53.9 Å². The van der Waals surface area contributed by atoms with Gasteiger partial charge >= 0.3 is 0 Å². The molecule has 0 aliphatic rings. The fourth-order valence-corrected chi connectivity index (χ4v) is 5.50. The molecule has 7 rings (SSSR count). The highest BCUT2D eigenvalue weighted by atomic mass is 14.9. The molecule has 3 aromatic heterocycles. The summed E-state index contributed by atoms with van der Waals surface area (Å²) >= 11 is 0. The topological polar surface area (TPSA) is 86.0 Å². The Morgan fingerprint density at radius 3 is 0.972 bits per heavy atom. The van der Waals surface area contributed by atoms with Gasteiger partial charge in [0.2, 0.25) is 0 Å². The summed E-state index contributed by atoms with van der Waals surface area (Å²) in [5.41, 5.74) is 12.5. The quantitative estimate of drug-likeness (QED) is 0.255. The van der Waals surface area contributed by atoms with E-state index in [1.165, 1.54) is 0 Å². The number of nitrogens with zero attached hydrogens (tertiary/aromatic N) is 3. The average Bonchev–Trinajstić information content (AvgIpc) is 3.59. The van der Waals surface area contributed by atoms with Crippen LogP contribution in [0.4, 0.5) is 0 Å². The Morgan fingerprint density at radius 1 is 0.417 bits per heavy atom.